The molecule has 0 spiro atoms. The van der Waals surface area contributed by atoms with Gasteiger partial charge >= 0.3 is 24.5 Å². The fourth-order valence-electron chi connectivity index (χ4n) is 4.01. The number of piperazine rings is 1. The molecule has 1 unspecified atom stereocenters. The number of rotatable bonds is 5. The Kier molecular flexibility index (Phi) is 8.11. The number of esters is 1. The molecule has 2 heterocycles. The molecular weight excluding hydrogens is 501 g/mol. The van der Waals surface area contributed by atoms with Crippen LogP contribution in [0, 0.1) is 0 Å². The number of hydrogen-bond acceptors (Lipinski definition) is 6. The van der Waals surface area contributed by atoms with Gasteiger partial charge in [-0.05, 0) is 11.6 Å². The van der Waals surface area contributed by atoms with Crippen LogP contribution in [0.25, 0.3) is 0 Å². The summed E-state index contributed by atoms with van der Waals surface area (Å²) in [4.78, 5) is 15.1. The number of halogens is 9. The van der Waals surface area contributed by atoms with Gasteiger partial charge in [0.15, 0.2) is 0 Å². The zero-order valence-electron chi connectivity index (χ0n) is 18.1. The second-order valence-electron chi connectivity index (χ2n) is 8.00. The van der Waals surface area contributed by atoms with Crippen LogP contribution in [0.1, 0.15) is 11.1 Å². The quantitative estimate of drug-likeness (QED) is 0.472. The van der Waals surface area contributed by atoms with E-state index in [1.54, 1.807) is 0 Å². The number of anilines is 1. The minimum absolute atomic E-state index is 0.0265. The molecule has 0 bridgehead atoms. The SMILES string of the molecule is O=C(OC(C(F)(F)F)C(F)(F)F)C1CNCCN1Cc1cccc(C(F)(F)F)c1N1CCOCC1. The highest BCUT2D eigenvalue weighted by molar-refractivity contribution is 5.76. The normalized spacial score (nSPS) is 20.9. The van der Waals surface area contributed by atoms with Crippen molar-refractivity contribution in [3.8, 4) is 0 Å². The van der Waals surface area contributed by atoms with Gasteiger partial charge in [-0.25, -0.2) is 0 Å². The molecule has 0 amide bonds. The second-order valence-corrected chi connectivity index (χ2v) is 8.00. The van der Waals surface area contributed by atoms with Crippen LogP contribution in [-0.4, -0.2) is 81.3 Å². The summed E-state index contributed by atoms with van der Waals surface area (Å²) in [5.41, 5.74) is -0.998. The van der Waals surface area contributed by atoms with Crippen LogP contribution in [0.15, 0.2) is 18.2 Å². The zero-order valence-corrected chi connectivity index (χ0v) is 18.1. The molecule has 2 aliphatic heterocycles. The third kappa shape index (κ3) is 6.70. The van der Waals surface area contributed by atoms with Gasteiger partial charge in [-0.15, -0.1) is 0 Å². The topological polar surface area (TPSA) is 54.0 Å². The number of ether oxygens (including phenoxy) is 2. The maximum atomic E-state index is 13.8. The van der Waals surface area contributed by atoms with Crippen molar-refractivity contribution < 1.29 is 53.8 Å². The fourth-order valence-corrected chi connectivity index (χ4v) is 4.01. The Morgan fingerprint density at radius 2 is 1.66 bits per heavy atom. The molecular formula is C20H22F9N3O3. The van der Waals surface area contributed by atoms with Gasteiger partial charge in [0.25, 0.3) is 6.10 Å². The third-order valence-electron chi connectivity index (χ3n) is 5.58. The Bertz CT molecular complexity index is 869. The van der Waals surface area contributed by atoms with Gasteiger partial charge in [-0.1, -0.05) is 12.1 Å². The van der Waals surface area contributed by atoms with Crippen LogP contribution in [0.5, 0.6) is 0 Å². The van der Waals surface area contributed by atoms with Crippen molar-refractivity contribution in [2.75, 3.05) is 50.8 Å². The Labute approximate surface area is 193 Å². The summed E-state index contributed by atoms with van der Waals surface area (Å²) in [6, 6.07) is 1.83. The third-order valence-corrected chi connectivity index (χ3v) is 5.58. The van der Waals surface area contributed by atoms with E-state index in [0.717, 1.165) is 12.1 Å². The number of nitrogens with one attached hydrogen (secondary N) is 1. The Hall–Kier alpha value is -2.26. The van der Waals surface area contributed by atoms with Gasteiger partial charge in [0.05, 0.1) is 24.5 Å². The van der Waals surface area contributed by atoms with E-state index in [0.29, 0.717) is 0 Å². The van der Waals surface area contributed by atoms with Crippen molar-refractivity contribution in [3.63, 3.8) is 0 Å². The Morgan fingerprint density at radius 1 is 1.03 bits per heavy atom. The van der Waals surface area contributed by atoms with Gasteiger partial charge in [-0.2, -0.15) is 39.5 Å². The van der Waals surface area contributed by atoms with E-state index in [1.165, 1.54) is 15.9 Å². The van der Waals surface area contributed by atoms with Gasteiger partial charge in [0.2, 0.25) is 0 Å². The number of hydrogen-bond donors (Lipinski definition) is 1. The molecule has 35 heavy (non-hydrogen) atoms. The lowest BCUT2D eigenvalue weighted by Gasteiger charge is -2.38. The fraction of sp³-hybridized carbons (Fsp3) is 0.650. The standard InChI is InChI=1S/C20H22F9N3O3/c21-18(22,23)13-3-1-2-12(15(13)31-6-8-34-9-7-31)11-32-5-4-30-10-14(32)16(33)35-17(19(24,25)26)20(27,28)29/h1-3,14,17,30H,4-11H2. The molecule has 2 aliphatic rings. The van der Waals surface area contributed by atoms with Crippen molar-refractivity contribution in [2.45, 2.75) is 37.2 Å². The molecule has 0 saturated carbocycles. The first-order chi connectivity index (χ1) is 16.2. The highest BCUT2D eigenvalue weighted by atomic mass is 19.4. The predicted octanol–water partition coefficient (Wildman–Crippen LogP) is 3.35. The van der Waals surface area contributed by atoms with Crippen LogP contribution in [0.2, 0.25) is 0 Å². The highest BCUT2D eigenvalue weighted by Gasteiger charge is 2.60. The van der Waals surface area contributed by atoms with Crippen molar-refractivity contribution in [1.82, 2.24) is 10.2 Å². The molecule has 2 saturated heterocycles. The van der Waals surface area contributed by atoms with Crippen LogP contribution in [0.4, 0.5) is 45.2 Å². The maximum Gasteiger partial charge on any atom is 0.434 e. The van der Waals surface area contributed by atoms with Gasteiger partial charge in [0.1, 0.15) is 6.04 Å². The largest absolute Gasteiger partial charge is 0.442 e. The maximum absolute atomic E-state index is 13.8. The van der Waals surface area contributed by atoms with E-state index < -0.39 is 42.2 Å². The lowest BCUT2D eigenvalue weighted by Crippen LogP contribution is -2.57. The average Bonchev–Trinajstić information content (AvgIpc) is 2.76. The van der Waals surface area contributed by atoms with Crippen molar-refractivity contribution in [3.05, 3.63) is 29.3 Å². The summed E-state index contributed by atoms with van der Waals surface area (Å²) in [6.45, 7) is 0.139. The minimum atomic E-state index is -5.88. The molecule has 1 atom stereocenters. The number of alkyl halides is 9. The number of carbonyl (C=O) groups is 1. The van der Waals surface area contributed by atoms with E-state index in [1.807, 2.05) is 0 Å². The van der Waals surface area contributed by atoms with E-state index in [-0.39, 0.29) is 63.7 Å². The zero-order chi connectivity index (χ0) is 26.0. The number of benzene rings is 1. The summed E-state index contributed by atoms with van der Waals surface area (Å²) in [7, 11) is 0. The van der Waals surface area contributed by atoms with Gasteiger partial charge < -0.3 is 19.7 Å². The highest BCUT2D eigenvalue weighted by Crippen LogP contribution is 2.40. The first-order valence-electron chi connectivity index (χ1n) is 10.5. The average molecular weight is 523 g/mol. The van der Waals surface area contributed by atoms with Crippen molar-refractivity contribution in [2.24, 2.45) is 0 Å². The van der Waals surface area contributed by atoms with Crippen molar-refractivity contribution >= 4 is 11.7 Å². The molecule has 198 valence electrons. The number of para-hydroxylation sites is 1. The molecule has 15 heteroatoms. The van der Waals surface area contributed by atoms with E-state index in [4.69, 9.17) is 4.74 Å². The summed E-state index contributed by atoms with van der Waals surface area (Å²) in [6.07, 6.45) is -20.8. The van der Waals surface area contributed by atoms with Gasteiger partial charge in [0, 0.05) is 39.3 Å². The van der Waals surface area contributed by atoms with Crippen LogP contribution in [-0.2, 0) is 27.0 Å². The van der Waals surface area contributed by atoms with Crippen LogP contribution >= 0.6 is 0 Å². The molecule has 1 aromatic rings. The first kappa shape index (κ1) is 27.3. The predicted molar refractivity (Wildman–Crippen MR) is 104 cm³/mol. The summed E-state index contributed by atoms with van der Waals surface area (Å²) < 4.78 is 127. The Morgan fingerprint density at radius 3 is 2.23 bits per heavy atom. The summed E-state index contributed by atoms with van der Waals surface area (Å²) >= 11 is 0. The van der Waals surface area contributed by atoms with E-state index >= 15 is 0 Å². The lowest BCUT2D eigenvalue weighted by molar-refractivity contribution is -0.314. The van der Waals surface area contributed by atoms with E-state index in [9.17, 15) is 44.3 Å². The molecule has 2 fully saturated rings. The molecule has 0 radical (unpaired) electrons. The monoisotopic (exact) mass is 523 g/mol. The molecule has 0 aromatic heterocycles. The second kappa shape index (κ2) is 10.4. The number of morpholine rings is 1. The number of carbonyl (C=O) groups excluding carboxylic acids is 1. The minimum Gasteiger partial charge on any atom is -0.442 e. The molecule has 6 nitrogen and oxygen atoms in total. The first-order valence-corrected chi connectivity index (χ1v) is 10.5. The molecule has 3 rings (SSSR count). The van der Waals surface area contributed by atoms with Crippen molar-refractivity contribution in [1.29, 1.82) is 0 Å². The van der Waals surface area contributed by atoms with Crippen LogP contribution in [0.3, 0.4) is 0 Å². The van der Waals surface area contributed by atoms with Gasteiger partial charge in [-0.3, -0.25) is 9.69 Å². The molecule has 1 aromatic carbocycles. The summed E-state index contributed by atoms with van der Waals surface area (Å²) in [5.74, 6) is -1.78. The Balaban J connectivity index is 1.90. The number of nitrogens with zero attached hydrogens (tertiary/aromatic N) is 2. The van der Waals surface area contributed by atoms with E-state index in [2.05, 4.69) is 10.1 Å². The molecule has 1 N–H and O–H groups in total. The molecule has 0 aliphatic carbocycles. The lowest BCUT2D eigenvalue weighted by atomic mass is 10.0. The van der Waals surface area contributed by atoms with Crippen LogP contribution < -0.4 is 10.2 Å². The summed E-state index contributed by atoms with van der Waals surface area (Å²) in [5, 5.41) is 2.68. The smallest absolute Gasteiger partial charge is 0.434 e.